The Kier molecular flexibility index (Phi) is 5.66. The van der Waals surface area contributed by atoms with E-state index in [1.807, 2.05) is 12.1 Å². The van der Waals surface area contributed by atoms with Crippen molar-refractivity contribution in [2.24, 2.45) is 5.92 Å². The molecular weight excluding hydrogens is 314 g/mol. The van der Waals surface area contributed by atoms with Crippen LogP contribution in [0.5, 0.6) is 5.88 Å². The lowest BCUT2D eigenvalue weighted by atomic mass is 9.99. The van der Waals surface area contributed by atoms with Gasteiger partial charge in [-0.25, -0.2) is 4.98 Å². The van der Waals surface area contributed by atoms with Crippen LogP contribution in [0.3, 0.4) is 0 Å². The number of amides is 1. The van der Waals surface area contributed by atoms with Crippen molar-refractivity contribution in [2.45, 2.75) is 26.3 Å². The van der Waals surface area contributed by atoms with Crippen LogP contribution in [0.15, 0.2) is 42.6 Å². The van der Waals surface area contributed by atoms with E-state index in [1.54, 1.807) is 19.2 Å². The van der Waals surface area contributed by atoms with E-state index in [0.717, 1.165) is 18.2 Å². The van der Waals surface area contributed by atoms with Gasteiger partial charge in [-0.2, -0.15) is 0 Å². The number of rotatable bonds is 5. The molecule has 1 aliphatic heterocycles. The molecule has 0 atom stereocenters. The summed E-state index contributed by atoms with van der Waals surface area (Å²) in [5.41, 5.74) is 2.57. The summed E-state index contributed by atoms with van der Waals surface area (Å²) < 4.78 is 5.00. The predicted molar refractivity (Wildman–Crippen MR) is 98.9 cm³/mol. The molecule has 0 saturated carbocycles. The average molecular weight is 339 g/mol. The molecule has 0 radical (unpaired) electrons. The molecule has 0 spiro atoms. The summed E-state index contributed by atoms with van der Waals surface area (Å²) in [6.07, 6.45) is 4.08. The van der Waals surface area contributed by atoms with Gasteiger partial charge in [-0.05, 0) is 55.6 Å². The Morgan fingerprint density at radius 1 is 1.20 bits per heavy atom. The number of likely N-dealkylation sites (tertiary alicyclic amines) is 1. The minimum Gasteiger partial charge on any atom is -0.481 e. The standard InChI is InChI=1S/C20H25N3O2/c1-15-9-11-23(12-10-15)14-16-3-6-18(7-4-16)22-20(24)17-5-8-19(25-2)21-13-17/h3-8,13,15H,9-12,14H2,1-2H3,(H,22,24). The van der Waals surface area contributed by atoms with Gasteiger partial charge in [-0.3, -0.25) is 9.69 Å². The molecule has 1 amide bonds. The maximum atomic E-state index is 12.2. The summed E-state index contributed by atoms with van der Waals surface area (Å²) in [7, 11) is 1.55. The Labute approximate surface area is 149 Å². The molecule has 0 bridgehead atoms. The average Bonchev–Trinajstić information content (AvgIpc) is 2.65. The molecular formula is C20H25N3O2. The number of methoxy groups -OCH3 is 1. The molecule has 1 saturated heterocycles. The molecule has 25 heavy (non-hydrogen) atoms. The van der Waals surface area contributed by atoms with Crippen LogP contribution in [0.1, 0.15) is 35.7 Å². The molecule has 0 aliphatic carbocycles. The first kappa shape index (κ1) is 17.4. The number of carbonyl (C=O) groups is 1. The Bertz CT molecular complexity index is 690. The van der Waals surface area contributed by atoms with Gasteiger partial charge < -0.3 is 10.1 Å². The van der Waals surface area contributed by atoms with E-state index in [1.165, 1.54) is 37.7 Å². The van der Waals surface area contributed by atoms with E-state index < -0.39 is 0 Å². The SMILES string of the molecule is COc1ccc(C(=O)Nc2ccc(CN3CCC(C)CC3)cc2)cn1. The first-order valence-corrected chi connectivity index (χ1v) is 8.77. The topological polar surface area (TPSA) is 54.5 Å². The number of hydrogen-bond acceptors (Lipinski definition) is 4. The monoisotopic (exact) mass is 339 g/mol. The number of piperidine rings is 1. The highest BCUT2D eigenvalue weighted by atomic mass is 16.5. The maximum absolute atomic E-state index is 12.2. The van der Waals surface area contributed by atoms with Gasteiger partial charge in [0.2, 0.25) is 5.88 Å². The molecule has 1 aromatic carbocycles. The number of benzene rings is 1. The molecule has 0 unspecified atom stereocenters. The van der Waals surface area contributed by atoms with E-state index in [2.05, 4.69) is 34.3 Å². The van der Waals surface area contributed by atoms with E-state index in [0.29, 0.717) is 11.4 Å². The van der Waals surface area contributed by atoms with Gasteiger partial charge in [0, 0.05) is 24.5 Å². The molecule has 5 heteroatoms. The van der Waals surface area contributed by atoms with E-state index in [4.69, 9.17) is 4.74 Å². The van der Waals surface area contributed by atoms with Gasteiger partial charge in [0.25, 0.3) is 5.91 Å². The molecule has 1 fully saturated rings. The van der Waals surface area contributed by atoms with Gasteiger partial charge in [-0.15, -0.1) is 0 Å². The van der Waals surface area contributed by atoms with Crippen LogP contribution in [-0.4, -0.2) is 36.0 Å². The quantitative estimate of drug-likeness (QED) is 0.905. The number of nitrogens with zero attached hydrogens (tertiary/aromatic N) is 2. The van der Waals surface area contributed by atoms with Crippen molar-refractivity contribution >= 4 is 11.6 Å². The summed E-state index contributed by atoms with van der Waals surface area (Å²) in [6.45, 7) is 5.64. The van der Waals surface area contributed by atoms with Crippen molar-refractivity contribution < 1.29 is 9.53 Å². The fourth-order valence-electron chi connectivity index (χ4n) is 3.01. The largest absolute Gasteiger partial charge is 0.481 e. The summed E-state index contributed by atoms with van der Waals surface area (Å²) in [5, 5.41) is 2.90. The van der Waals surface area contributed by atoms with Crippen LogP contribution < -0.4 is 10.1 Å². The zero-order valence-electron chi connectivity index (χ0n) is 14.9. The number of aromatic nitrogens is 1. The molecule has 1 N–H and O–H groups in total. The Morgan fingerprint density at radius 3 is 2.52 bits per heavy atom. The third kappa shape index (κ3) is 4.79. The highest BCUT2D eigenvalue weighted by molar-refractivity contribution is 6.04. The molecule has 2 aromatic rings. The lowest BCUT2D eigenvalue weighted by Gasteiger charge is -2.30. The van der Waals surface area contributed by atoms with Crippen molar-refractivity contribution in [1.29, 1.82) is 0 Å². The van der Waals surface area contributed by atoms with E-state index in [-0.39, 0.29) is 5.91 Å². The fourth-order valence-corrected chi connectivity index (χ4v) is 3.01. The Hall–Kier alpha value is -2.40. The van der Waals surface area contributed by atoms with Gasteiger partial charge >= 0.3 is 0 Å². The number of nitrogens with one attached hydrogen (secondary N) is 1. The predicted octanol–water partition coefficient (Wildman–Crippen LogP) is 3.57. The number of pyridine rings is 1. The minimum atomic E-state index is -0.173. The molecule has 5 nitrogen and oxygen atoms in total. The van der Waals surface area contributed by atoms with Gasteiger partial charge in [0.15, 0.2) is 0 Å². The second kappa shape index (κ2) is 8.12. The third-order valence-corrected chi connectivity index (χ3v) is 4.70. The molecule has 132 valence electrons. The Morgan fingerprint density at radius 2 is 1.92 bits per heavy atom. The van der Waals surface area contributed by atoms with Crippen LogP contribution in [0.4, 0.5) is 5.69 Å². The summed E-state index contributed by atoms with van der Waals surface area (Å²) in [4.78, 5) is 18.8. The normalized spacial score (nSPS) is 15.8. The van der Waals surface area contributed by atoms with Crippen LogP contribution in [0.25, 0.3) is 0 Å². The van der Waals surface area contributed by atoms with Crippen LogP contribution in [-0.2, 0) is 6.54 Å². The zero-order chi connectivity index (χ0) is 17.6. The first-order chi connectivity index (χ1) is 12.1. The van der Waals surface area contributed by atoms with Crippen LogP contribution in [0.2, 0.25) is 0 Å². The fraction of sp³-hybridized carbons (Fsp3) is 0.400. The zero-order valence-corrected chi connectivity index (χ0v) is 14.9. The van der Waals surface area contributed by atoms with E-state index in [9.17, 15) is 4.79 Å². The summed E-state index contributed by atoms with van der Waals surface area (Å²) in [5.74, 6) is 1.17. The van der Waals surface area contributed by atoms with Crippen molar-refractivity contribution in [2.75, 3.05) is 25.5 Å². The first-order valence-electron chi connectivity index (χ1n) is 8.77. The molecule has 2 heterocycles. The smallest absolute Gasteiger partial charge is 0.257 e. The van der Waals surface area contributed by atoms with Crippen molar-refractivity contribution in [3.05, 3.63) is 53.7 Å². The highest BCUT2D eigenvalue weighted by Gasteiger charge is 2.15. The minimum absolute atomic E-state index is 0.173. The molecule has 1 aromatic heterocycles. The van der Waals surface area contributed by atoms with Crippen molar-refractivity contribution in [1.82, 2.24) is 9.88 Å². The number of anilines is 1. The summed E-state index contributed by atoms with van der Waals surface area (Å²) in [6, 6.07) is 11.5. The third-order valence-electron chi connectivity index (χ3n) is 4.70. The molecule has 3 rings (SSSR count). The lowest BCUT2D eigenvalue weighted by molar-refractivity contribution is 0.102. The number of hydrogen-bond donors (Lipinski definition) is 1. The Balaban J connectivity index is 1.55. The van der Waals surface area contributed by atoms with Gasteiger partial charge in [0.05, 0.1) is 12.7 Å². The lowest BCUT2D eigenvalue weighted by Crippen LogP contribution is -2.32. The highest BCUT2D eigenvalue weighted by Crippen LogP contribution is 2.19. The van der Waals surface area contributed by atoms with Gasteiger partial charge in [0.1, 0.15) is 0 Å². The number of carbonyl (C=O) groups excluding carboxylic acids is 1. The second-order valence-corrected chi connectivity index (χ2v) is 6.70. The number of ether oxygens (including phenoxy) is 1. The second-order valence-electron chi connectivity index (χ2n) is 6.70. The van der Waals surface area contributed by atoms with Crippen molar-refractivity contribution in [3.8, 4) is 5.88 Å². The van der Waals surface area contributed by atoms with Crippen LogP contribution in [0, 0.1) is 5.92 Å². The van der Waals surface area contributed by atoms with Crippen LogP contribution >= 0.6 is 0 Å². The summed E-state index contributed by atoms with van der Waals surface area (Å²) >= 11 is 0. The van der Waals surface area contributed by atoms with Gasteiger partial charge in [-0.1, -0.05) is 19.1 Å². The van der Waals surface area contributed by atoms with Crippen molar-refractivity contribution in [3.63, 3.8) is 0 Å². The maximum Gasteiger partial charge on any atom is 0.257 e. The van der Waals surface area contributed by atoms with E-state index >= 15 is 0 Å². The molecule has 1 aliphatic rings.